The molecule has 9 unspecified atom stereocenters. The second-order valence-electron chi connectivity index (χ2n) is 34.2. The predicted molar refractivity (Wildman–Crippen MR) is 335 cm³/mol. The molecule has 84 heavy (non-hydrogen) atoms. The molecule has 0 aromatic heterocycles. The van der Waals surface area contributed by atoms with Gasteiger partial charge in [-0.05, 0) is 333 Å². The van der Waals surface area contributed by atoms with Crippen LogP contribution in [0, 0.1) is 139 Å². The molecule has 12 saturated carbocycles. The number of hydrogen-bond donors (Lipinski definition) is 6. The molecule has 0 bridgehead atoms. The molecule has 12 aliphatic rings. The standard InChI is InChI=1S/3C25H42O3/c3*1-15(5-6-16(2)26)19-7-8-20-23-21(10-12-25(19,20)4)24(3)11-9-18(27)13-17(24)14-22(23)28/h3*15,17-23,27-28H,5-14H2,1-4H3/t3*15?,17-,18+,19+,20?,21?,22+,23-,24-,25+/m000/s1/i22D,23D;23D;22D. The molecule has 0 radical (unpaired) electrons. The Morgan fingerprint density at radius 1 is 0.381 bits per heavy atom. The lowest BCUT2D eigenvalue weighted by molar-refractivity contribution is -0.174. The smallest absolute Gasteiger partial charge is 0.129 e. The summed E-state index contributed by atoms with van der Waals surface area (Å²) in [4.78, 5) is 34.6. The molecule has 6 N–H and O–H groups in total. The zero-order chi connectivity index (χ0) is 64.5. The van der Waals surface area contributed by atoms with Gasteiger partial charge in [0.25, 0.3) is 0 Å². The van der Waals surface area contributed by atoms with E-state index in [4.69, 9.17) is 2.74 Å². The van der Waals surface area contributed by atoms with Crippen molar-refractivity contribution in [3.63, 3.8) is 0 Å². The van der Waals surface area contributed by atoms with Gasteiger partial charge in [0.15, 0.2) is 0 Å². The molecule has 0 spiro atoms. The Labute approximate surface area is 517 Å². The van der Waals surface area contributed by atoms with E-state index >= 15 is 0 Å². The van der Waals surface area contributed by atoms with Gasteiger partial charge in [-0.3, -0.25) is 0 Å². The molecule has 12 rings (SSSR count). The van der Waals surface area contributed by atoms with Crippen molar-refractivity contribution < 1.29 is 50.5 Å². The number of rotatable bonds is 12. The van der Waals surface area contributed by atoms with E-state index in [0.717, 1.165) is 135 Å². The summed E-state index contributed by atoms with van der Waals surface area (Å²) >= 11 is 0. The maximum Gasteiger partial charge on any atom is 0.129 e. The van der Waals surface area contributed by atoms with Crippen LogP contribution in [0.4, 0.5) is 0 Å². The number of ketones is 3. The third-order valence-electron chi connectivity index (χ3n) is 30.0. The van der Waals surface area contributed by atoms with E-state index in [1.807, 2.05) is 0 Å². The maximum absolute atomic E-state index is 11.5. The minimum atomic E-state index is -1.76. The summed E-state index contributed by atoms with van der Waals surface area (Å²) in [7, 11) is 0. The second kappa shape index (κ2) is 25.1. The molecule has 0 heterocycles. The average Bonchev–Trinajstić information content (AvgIpc) is 1.18. The second-order valence-corrected chi connectivity index (χ2v) is 34.2. The zero-order valence-electron chi connectivity index (χ0n) is 59.2. The number of aliphatic hydroxyl groups excluding tert-OH is 4. The number of Topliss-reactive ketones (excluding diaryl/α,β-unsaturated/α-hetero) is 3. The largest absolute Gasteiger partial charge is 0.393 e. The van der Waals surface area contributed by atoms with Crippen LogP contribution in [0.5, 0.6) is 0 Å². The van der Waals surface area contributed by atoms with Gasteiger partial charge >= 0.3 is 0 Å². The first-order valence-corrected chi connectivity index (χ1v) is 35.5. The van der Waals surface area contributed by atoms with Crippen LogP contribution in [0.15, 0.2) is 0 Å². The minimum Gasteiger partial charge on any atom is -0.393 e. The Balaban J connectivity index is 0.000000146. The highest BCUT2D eigenvalue weighted by atomic mass is 16.3. The van der Waals surface area contributed by atoms with Crippen molar-refractivity contribution in [2.75, 3.05) is 0 Å². The Morgan fingerprint density at radius 2 is 0.679 bits per heavy atom. The van der Waals surface area contributed by atoms with Crippen molar-refractivity contribution >= 4 is 17.3 Å². The third-order valence-corrected chi connectivity index (χ3v) is 30.0. The molecule has 0 aromatic rings. The fourth-order valence-electron chi connectivity index (χ4n) is 25.1. The highest BCUT2D eigenvalue weighted by Crippen LogP contribution is 2.72. The van der Waals surface area contributed by atoms with Gasteiger partial charge in [-0.15, -0.1) is 0 Å². The highest BCUT2D eigenvalue weighted by Gasteiger charge is 2.66. The predicted octanol–water partition coefficient (Wildman–Crippen LogP) is 14.9. The van der Waals surface area contributed by atoms with E-state index in [-0.39, 0.29) is 110 Å². The van der Waals surface area contributed by atoms with Crippen molar-refractivity contribution in [1.82, 2.24) is 0 Å². The quantitative estimate of drug-likeness (QED) is 0.111. The van der Waals surface area contributed by atoms with Crippen LogP contribution < -0.4 is 0 Å². The van der Waals surface area contributed by atoms with Crippen LogP contribution in [0.25, 0.3) is 0 Å². The van der Waals surface area contributed by atoms with Gasteiger partial charge in [0.05, 0.1) is 39.3 Å². The fourth-order valence-corrected chi connectivity index (χ4v) is 25.1. The van der Waals surface area contributed by atoms with Crippen molar-refractivity contribution in [2.45, 2.75) is 312 Å². The van der Waals surface area contributed by atoms with E-state index in [1.54, 1.807) is 20.8 Å². The molecule has 9 nitrogen and oxygen atoms in total. The molecule has 0 aromatic carbocycles. The van der Waals surface area contributed by atoms with Crippen molar-refractivity contribution in [3.05, 3.63) is 0 Å². The summed E-state index contributed by atoms with van der Waals surface area (Å²) < 4.78 is 37.6. The van der Waals surface area contributed by atoms with E-state index in [0.29, 0.717) is 98.2 Å². The summed E-state index contributed by atoms with van der Waals surface area (Å²) in [5.41, 5.74) is 0.433. The number of carbonyl (C=O) groups is 3. The lowest BCUT2D eigenvalue weighted by atomic mass is 9.43. The molecule has 30 atom stereocenters. The van der Waals surface area contributed by atoms with Gasteiger partial charge < -0.3 is 45.0 Å². The molecule has 0 amide bonds. The van der Waals surface area contributed by atoms with Crippen molar-refractivity contribution in [3.8, 4) is 0 Å². The zero-order valence-corrected chi connectivity index (χ0v) is 55.2. The SMILES string of the molecule is [2H][C@@]1(O)C[C@@H]2C[C@H](O)CC[C@]2(C)C2CC[C@@]3(C)C(CC[C@@H]3C(C)CCC(C)=O)[C@@H]21.[2H][C@]12C3CC[C@H](C(C)CCC(C)=O)[C@@]3(C)CCC1[C@@]1(C)CC[C@@H](O)C[C@H]1C[C@@]2([2H])O.[2H][C@]12C3CC[C@H](C(C)CCC(C)=O)[C@@]3(C)CCC1[C@@]1(C)CC[C@@H](O)C[C@H]1C[C@H]2O. The molecule has 0 saturated heterocycles. The maximum atomic E-state index is 11.5. The van der Waals surface area contributed by atoms with Crippen LogP contribution in [0.1, 0.15) is 281 Å². The normalized spacial score (nSPS) is 55.9. The molecule has 12 fully saturated rings. The summed E-state index contributed by atoms with van der Waals surface area (Å²) in [6.07, 6.45) is 22.3. The Bertz CT molecular complexity index is 2530. The van der Waals surface area contributed by atoms with E-state index in [9.17, 15) is 47.8 Å². The molecular formula is C75H126O9. The van der Waals surface area contributed by atoms with Gasteiger partial charge in [0.1, 0.15) is 17.3 Å². The van der Waals surface area contributed by atoms with Crippen molar-refractivity contribution in [2.24, 2.45) is 139 Å². The van der Waals surface area contributed by atoms with Crippen LogP contribution in [0.3, 0.4) is 0 Å². The molecular weight excluding hydrogens is 1040 g/mol. The number of fused-ring (bicyclic) bond motifs is 15. The van der Waals surface area contributed by atoms with Crippen LogP contribution in [-0.2, 0) is 14.4 Å². The average molecular weight is 1180 g/mol. The summed E-state index contributed by atoms with van der Waals surface area (Å²) in [6.45, 7) is 26.1. The molecule has 480 valence electrons. The first-order chi connectivity index (χ1) is 40.9. The number of hydrogen-bond acceptors (Lipinski definition) is 9. The first-order valence-electron chi connectivity index (χ1n) is 37.5. The summed E-state index contributed by atoms with van der Waals surface area (Å²) in [6, 6.07) is 0. The first kappa shape index (κ1) is 60.3. The van der Waals surface area contributed by atoms with Gasteiger partial charge in [0, 0.05) is 22.0 Å². The van der Waals surface area contributed by atoms with Crippen molar-refractivity contribution in [1.29, 1.82) is 0 Å². The van der Waals surface area contributed by atoms with Crippen LogP contribution >= 0.6 is 0 Å². The molecule has 12 aliphatic carbocycles. The van der Waals surface area contributed by atoms with Gasteiger partial charge in [-0.25, -0.2) is 0 Å². The van der Waals surface area contributed by atoms with Crippen LogP contribution in [-0.4, -0.2) is 84.6 Å². The monoisotopic (exact) mass is 1170 g/mol. The molecule has 0 aliphatic heterocycles. The van der Waals surface area contributed by atoms with E-state index in [2.05, 4.69) is 62.3 Å². The topological polar surface area (TPSA) is 173 Å². The van der Waals surface area contributed by atoms with Gasteiger partial charge in [0.2, 0.25) is 0 Å². The Hall–Kier alpha value is -1.23. The Kier molecular flexibility index (Phi) is 18.0. The summed E-state index contributed by atoms with van der Waals surface area (Å²) in [5.74, 6) is 4.13. The lowest BCUT2D eigenvalue weighted by Crippen LogP contribution is -2.58. The molecule has 9 heteroatoms. The minimum absolute atomic E-state index is 0.0168. The Morgan fingerprint density at radius 3 is 1.10 bits per heavy atom. The third kappa shape index (κ3) is 11.8. The van der Waals surface area contributed by atoms with Gasteiger partial charge in [-0.2, -0.15) is 0 Å². The number of carbonyl (C=O) groups excluding carboxylic acids is 3. The lowest BCUT2D eigenvalue weighted by Gasteiger charge is -2.62. The van der Waals surface area contributed by atoms with E-state index in [1.165, 1.54) is 12.8 Å². The van der Waals surface area contributed by atoms with Gasteiger partial charge in [-0.1, -0.05) is 62.3 Å². The van der Waals surface area contributed by atoms with Crippen LogP contribution in [0.2, 0.25) is 0 Å². The highest BCUT2D eigenvalue weighted by molar-refractivity contribution is 5.76. The number of aliphatic hydroxyl groups is 6. The fraction of sp³-hybridized carbons (Fsp3) is 0.960. The van der Waals surface area contributed by atoms with E-state index < -0.39 is 30.1 Å². The summed E-state index contributed by atoms with van der Waals surface area (Å²) in [5, 5.41) is 65.0.